The predicted octanol–water partition coefficient (Wildman–Crippen LogP) is 18.8. The average Bonchev–Trinajstić information content (AvgIpc) is 3.80. The maximum Gasteiger partial charge on any atom is 0.0547 e. The highest BCUT2D eigenvalue weighted by Gasteiger charge is 2.27. The van der Waals surface area contributed by atoms with Gasteiger partial charge >= 0.3 is 0 Å². The van der Waals surface area contributed by atoms with Gasteiger partial charge in [0.25, 0.3) is 0 Å². The number of hydrogen-bond donors (Lipinski definition) is 0. The van der Waals surface area contributed by atoms with E-state index in [0.717, 1.165) is 46.7 Å². The lowest BCUT2D eigenvalue weighted by Gasteiger charge is -2.31. The Morgan fingerprint density at radius 1 is 0.444 bits per heavy atom. The Hall–Kier alpha value is -8.98. The molecular formula is C70H50N2. The van der Waals surface area contributed by atoms with Gasteiger partial charge in [-0.25, -0.2) is 0 Å². The molecular weight excluding hydrogens is 869 g/mol. The maximum atomic E-state index is 2.52. The lowest BCUT2D eigenvalue weighted by Crippen LogP contribution is -2.16. The number of aromatic nitrogens is 1. The van der Waals surface area contributed by atoms with E-state index in [2.05, 4.69) is 276 Å². The van der Waals surface area contributed by atoms with E-state index in [1.165, 1.54) is 87.9 Å². The van der Waals surface area contributed by atoms with Crippen molar-refractivity contribution in [2.24, 2.45) is 11.8 Å². The predicted molar refractivity (Wildman–Crippen MR) is 307 cm³/mol. The molecule has 1 aromatic heterocycles. The van der Waals surface area contributed by atoms with Crippen LogP contribution in [0.25, 0.3) is 94.1 Å². The molecule has 0 amide bonds. The van der Waals surface area contributed by atoms with Gasteiger partial charge in [-0.05, 0) is 122 Å². The summed E-state index contributed by atoms with van der Waals surface area (Å²) < 4.78 is 2.52. The zero-order chi connectivity index (χ0) is 47.5. The molecule has 72 heavy (non-hydrogen) atoms. The van der Waals surface area contributed by atoms with Gasteiger partial charge in [0.2, 0.25) is 0 Å². The first-order chi connectivity index (χ1) is 35.7. The minimum absolute atomic E-state index is 0.290. The summed E-state index contributed by atoms with van der Waals surface area (Å²) in [5, 5.41) is 7.51. The molecule has 0 saturated carbocycles. The fraction of sp³-hybridized carbons (Fsp3) is 0.0571. The van der Waals surface area contributed by atoms with Gasteiger partial charge < -0.3 is 9.47 Å². The summed E-state index contributed by atoms with van der Waals surface area (Å²) in [7, 11) is 0. The molecule has 0 spiro atoms. The van der Waals surface area contributed by atoms with E-state index in [1.807, 2.05) is 0 Å². The number of allylic oxidation sites excluding steroid dienone is 9. The van der Waals surface area contributed by atoms with Crippen molar-refractivity contribution < 1.29 is 0 Å². The number of anilines is 3. The van der Waals surface area contributed by atoms with Crippen LogP contribution < -0.4 is 4.90 Å². The molecule has 0 aliphatic heterocycles. The first-order valence-corrected chi connectivity index (χ1v) is 25.4. The molecule has 0 bridgehead atoms. The van der Waals surface area contributed by atoms with E-state index in [4.69, 9.17) is 0 Å². The summed E-state index contributed by atoms with van der Waals surface area (Å²) in [5.41, 5.74) is 19.4. The van der Waals surface area contributed by atoms with Crippen LogP contribution in [0.5, 0.6) is 0 Å². The number of para-hydroxylation sites is 2. The number of hydrogen-bond acceptors (Lipinski definition) is 1. The van der Waals surface area contributed by atoms with Crippen LogP contribution in [0, 0.1) is 11.8 Å². The zero-order valence-corrected chi connectivity index (χ0v) is 39.9. The van der Waals surface area contributed by atoms with Crippen LogP contribution >= 0.6 is 0 Å². The Balaban J connectivity index is 0.981. The third-order valence-electron chi connectivity index (χ3n) is 15.4. The van der Waals surface area contributed by atoms with Gasteiger partial charge in [0.15, 0.2) is 0 Å². The van der Waals surface area contributed by atoms with Gasteiger partial charge in [-0.1, -0.05) is 218 Å². The quantitative estimate of drug-likeness (QED) is 0.147. The summed E-state index contributed by atoms with van der Waals surface area (Å²) in [6.45, 7) is 0. The van der Waals surface area contributed by atoms with Crippen LogP contribution in [0.1, 0.15) is 23.1 Å². The Labute approximate surface area is 420 Å². The summed E-state index contributed by atoms with van der Waals surface area (Å²) in [5.74, 6) is 0.639. The molecule has 11 aromatic rings. The van der Waals surface area contributed by atoms with Crippen LogP contribution in [0.15, 0.2) is 261 Å². The van der Waals surface area contributed by atoms with Crippen molar-refractivity contribution in [3.8, 4) is 39.1 Å². The van der Waals surface area contributed by atoms with E-state index in [9.17, 15) is 0 Å². The molecule has 1 heterocycles. The lowest BCUT2D eigenvalue weighted by molar-refractivity contribution is 0.678. The van der Waals surface area contributed by atoms with Gasteiger partial charge in [-0.2, -0.15) is 0 Å². The van der Waals surface area contributed by atoms with Crippen LogP contribution in [-0.4, -0.2) is 4.57 Å². The van der Waals surface area contributed by atoms with Crippen molar-refractivity contribution in [1.29, 1.82) is 0 Å². The second-order valence-corrected chi connectivity index (χ2v) is 19.4. The van der Waals surface area contributed by atoms with Crippen molar-refractivity contribution in [2.75, 3.05) is 4.90 Å². The molecule has 2 unspecified atom stereocenters. The third kappa shape index (κ3) is 7.01. The summed E-state index contributed by atoms with van der Waals surface area (Å²) >= 11 is 0. The molecule has 0 saturated heterocycles. The number of fused-ring (bicyclic) bond motifs is 8. The molecule has 10 aromatic carbocycles. The second-order valence-electron chi connectivity index (χ2n) is 19.4. The molecule has 3 aliphatic carbocycles. The van der Waals surface area contributed by atoms with E-state index in [1.54, 1.807) is 0 Å². The molecule has 0 radical (unpaired) electrons. The van der Waals surface area contributed by atoms with Crippen molar-refractivity contribution >= 4 is 72.1 Å². The third-order valence-corrected chi connectivity index (χ3v) is 15.4. The molecule has 3 aliphatic rings. The van der Waals surface area contributed by atoms with Crippen LogP contribution in [-0.2, 0) is 6.42 Å². The average molecular weight is 919 g/mol. The standard InChI is InChI=1S/C70H50N2/c1-2-19-49(20-3-1)58-40-38-53(46-69(58)72-66-35-15-13-32-64(66)70-59-29-9-7-22-50(59)39-42-68(70)72)52-25-16-26-55(45-52)71(65-34-14-12-28-57(65)54-37-36-47-18-4-5-23-51(47)44-54)67-43-41-62(61-30-10-11-31-63(61)67)60-33-17-24-48-21-6-8-27-56(48)60/h1-6,8-21,23-46,48,56H,7,22H2. The van der Waals surface area contributed by atoms with Crippen LogP contribution in [0.2, 0.25) is 0 Å². The van der Waals surface area contributed by atoms with E-state index < -0.39 is 0 Å². The molecule has 340 valence electrons. The Morgan fingerprint density at radius 2 is 1.18 bits per heavy atom. The summed E-state index contributed by atoms with van der Waals surface area (Å²) in [6, 6.07) is 79.0. The normalized spacial score (nSPS) is 15.8. The summed E-state index contributed by atoms with van der Waals surface area (Å²) in [4.78, 5) is 2.50. The largest absolute Gasteiger partial charge is 0.309 e. The van der Waals surface area contributed by atoms with Crippen LogP contribution in [0.4, 0.5) is 17.1 Å². The Kier molecular flexibility index (Phi) is 10.2. The maximum absolute atomic E-state index is 2.52. The first kappa shape index (κ1) is 41.9. The number of rotatable bonds is 8. The topological polar surface area (TPSA) is 8.17 Å². The number of nitrogens with zero attached hydrogens (tertiary/aromatic N) is 2. The Bertz CT molecular complexity index is 4120. The zero-order valence-electron chi connectivity index (χ0n) is 39.9. The number of aryl methyl sites for hydroxylation is 1. The molecule has 2 nitrogen and oxygen atoms in total. The first-order valence-electron chi connectivity index (χ1n) is 25.4. The van der Waals surface area contributed by atoms with Gasteiger partial charge in [0.1, 0.15) is 0 Å². The van der Waals surface area contributed by atoms with Crippen LogP contribution in [0.3, 0.4) is 0 Å². The SMILES string of the molecule is C1=CC2C=CC=C(c3ccc(N(c4cccc(-c5ccc(-c6ccccc6)c(-n6c7ccccc7c7c8c(ccc76)CCC=C8)c5)c4)c4ccccc4-c4ccc5ccccc5c4)c4ccccc34)C2C=C1. The number of benzene rings is 10. The van der Waals surface area contributed by atoms with Crippen molar-refractivity contribution in [1.82, 2.24) is 4.57 Å². The molecule has 0 fully saturated rings. The second kappa shape index (κ2) is 17.5. The highest BCUT2D eigenvalue weighted by molar-refractivity contribution is 6.14. The molecule has 2 heteroatoms. The van der Waals surface area contributed by atoms with Gasteiger partial charge in [-0.15, -0.1) is 0 Å². The van der Waals surface area contributed by atoms with Crippen molar-refractivity contribution in [3.05, 3.63) is 278 Å². The van der Waals surface area contributed by atoms with Gasteiger partial charge in [0.05, 0.1) is 28.1 Å². The highest BCUT2D eigenvalue weighted by atomic mass is 15.1. The van der Waals surface area contributed by atoms with E-state index in [0.29, 0.717) is 11.8 Å². The summed E-state index contributed by atoms with van der Waals surface area (Å²) in [6.07, 6.45) is 22.8. The molecule has 14 rings (SSSR count). The molecule has 2 atom stereocenters. The van der Waals surface area contributed by atoms with Crippen molar-refractivity contribution in [3.63, 3.8) is 0 Å². The minimum Gasteiger partial charge on any atom is -0.309 e. The van der Waals surface area contributed by atoms with E-state index in [-0.39, 0.29) is 0 Å². The fourth-order valence-electron chi connectivity index (χ4n) is 12.0. The highest BCUT2D eigenvalue weighted by Crippen LogP contribution is 2.48. The lowest BCUT2D eigenvalue weighted by atomic mass is 9.76. The van der Waals surface area contributed by atoms with Gasteiger partial charge in [-0.3, -0.25) is 0 Å². The minimum atomic E-state index is 0.290. The van der Waals surface area contributed by atoms with E-state index >= 15 is 0 Å². The molecule has 0 N–H and O–H groups in total. The van der Waals surface area contributed by atoms with Gasteiger partial charge in [0, 0.05) is 44.8 Å². The smallest absolute Gasteiger partial charge is 0.0547 e. The monoisotopic (exact) mass is 918 g/mol. The van der Waals surface area contributed by atoms with Crippen molar-refractivity contribution in [2.45, 2.75) is 12.8 Å². The Morgan fingerprint density at radius 3 is 2.11 bits per heavy atom. The fourth-order valence-corrected chi connectivity index (χ4v) is 12.0.